The second kappa shape index (κ2) is 8.35. The van der Waals surface area contributed by atoms with Gasteiger partial charge in [-0.15, -0.1) is 0 Å². The number of carbonyl (C=O) groups excluding carboxylic acids is 1. The summed E-state index contributed by atoms with van der Waals surface area (Å²) in [6, 6.07) is 12.9. The van der Waals surface area contributed by atoms with Crippen LogP contribution >= 0.6 is 0 Å². The van der Waals surface area contributed by atoms with Gasteiger partial charge in [0.2, 0.25) is 0 Å². The maximum atomic E-state index is 13.5. The maximum absolute atomic E-state index is 13.5. The molecule has 0 spiro atoms. The average Bonchev–Trinajstić information content (AvgIpc) is 2.67. The molecule has 0 saturated carbocycles. The van der Waals surface area contributed by atoms with E-state index in [9.17, 15) is 18.0 Å². The van der Waals surface area contributed by atoms with E-state index in [2.05, 4.69) is 15.6 Å². The fourth-order valence-corrected chi connectivity index (χ4v) is 2.44. The third kappa shape index (κ3) is 4.84. The van der Waals surface area contributed by atoms with Crippen molar-refractivity contribution in [2.75, 3.05) is 11.9 Å². The summed E-state index contributed by atoms with van der Waals surface area (Å²) in [6.45, 7) is 0.286. The monoisotopic (exact) mass is 371 g/mol. The van der Waals surface area contributed by atoms with E-state index in [1.807, 2.05) is 0 Å². The number of anilines is 2. The number of benzene rings is 2. The summed E-state index contributed by atoms with van der Waals surface area (Å²) in [5.74, 6) is -2.16. The molecule has 0 aliphatic carbocycles. The zero-order valence-electron chi connectivity index (χ0n) is 14.2. The first-order valence-electron chi connectivity index (χ1n) is 8.22. The first-order chi connectivity index (χ1) is 13.0. The Kier molecular flexibility index (Phi) is 5.71. The van der Waals surface area contributed by atoms with Gasteiger partial charge in [0, 0.05) is 24.5 Å². The number of nitrogens with zero attached hydrogens (tertiary/aromatic N) is 1. The van der Waals surface area contributed by atoms with Gasteiger partial charge < -0.3 is 10.6 Å². The van der Waals surface area contributed by atoms with E-state index in [1.54, 1.807) is 30.3 Å². The predicted octanol–water partition coefficient (Wildman–Crippen LogP) is 4.22. The number of amides is 1. The highest BCUT2D eigenvalue weighted by Gasteiger charge is 2.08. The highest BCUT2D eigenvalue weighted by atomic mass is 19.2. The zero-order valence-corrected chi connectivity index (χ0v) is 14.2. The Hall–Kier alpha value is -3.35. The molecule has 1 amide bonds. The summed E-state index contributed by atoms with van der Waals surface area (Å²) < 4.78 is 39.7. The number of nitrogens with one attached hydrogen (secondary N) is 2. The van der Waals surface area contributed by atoms with Crippen molar-refractivity contribution in [3.63, 3.8) is 0 Å². The van der Waals surface area contributed by atoms with Crippen LogP contribution in [0.25, 0.3) is 0 Å². The van der Waals surface area contributed by atoms with Gasteiger partial charge in [-0.1, -0.05) is 18.2 Å². The van der Waals surface area contributed by atoms with Gasteiger partial charge in [-0.25, -0.2) is 18.2 Å². The second-order valence-corrected chi connectivity index (χ2v) is 5.78. The molecule has 3 aromatic rings. The Balaban J connectivity index is 1.55. The van der Waals surface area contributed by atoms with E-state index in [-0.39, 0.29) is 18.3 Å². The van der Waals surface area contributed by atoms with Gasteiger partial charge in [-0.05, 0) is 42.3 Å². The van der Waals surface area contributed by atoms with Crippen LogP contribution in [-0.2, 0) is 6.42 Å². The number of pyridine rings is 1. The molecular weight excluding hydrogens is 355 g/mol. The molecule has 0 atom stereocenters. The Morgan fingerprint density at radius 2 is 1.74 bits per heavy atom. The highest BCUT2D eigenvalue weighted by Crippen LogP contribution is 2.17. The van der Waals surface area contributed by atoms with Crippen molar-refractivity contribution >= 4 is 17.4 Å². The molecule has 0 aliphatic heterocycles. The minimum atomic E-state index is -0.967. The van der Waals surface area contributed by atoms with Crippen molar-refractivity contribution in [2.45, 2.75) is 6.42 Å². The molecule has 138 valence electrons. The summed E-state index contributed by atoms with van der Waals surface area (Å²) >= 11 is 0. The highest BCUT2D eigenvalue weighted by molar-refractivity contribution is 5.94. The van der Waals surface area contributed by atoms with Crippen LogP contribution in [0.4, 0.5) is 24.7 Å². The first-order valence-corrected chi connectivity index (χ1v) is 8.22. The molecular formula is C20H16F3N3O. The number of hydrogen-bond acceptors (Lipinski definition) is 3. The minimum Gasteiger partial charge on any atom is -0.352 e. The first kappa shape index (κ1) is 18.4. The van der Waals surface area contributed by atoms with Crippen molar-refractivity contribution in [3.8, 4) is 0 Å². The van der Waals surface area contributed by atoms with E-state index in [0.717, 1.165) is 12.1 Å². The molecule has 2 N–H and O–H groups in total. The molecule has 7 heteroatoms. The van der Waals surface area contributed by atoms with Crippen LogP contribution in [0, 0.1) is 17.5 Å². The Morgan fingerprint density at radius 1 is 0.926 bits per heavy atom. The SMILES string of the molecule is O=C(NCCc1ccccc1F)c1ccc(Nc2ccc(F)c(F)c2)nc1. The summed E-state index contributed by atoms with van der Waals surface area (Å²) in [4.78, 5) is 16.2. The van der Waals surface area contributed by atoms with Gasteiger partial charge in [0.25, 0.3) is 5.91 Å². The molecule has 0 fully saturated rings. The summed E-state index contributed by atoms with van der Waals surface area (Å²) in [5, 5.41) is 5.52. The largest absolute Gasteiger partial charge is 0.352 e. The topological polar surface area (TPSA) is 54.0 Å². The van der Waals surface area contributed by atoms with Gasteiger partial charge in [0.15, 0.2) is 11.6 Å². The Morgan fingerprint density at radius 3 is 2.44 bits per heavy atom. The Labute approximate surface area is 154 Å². The van der Waals surface area contributed by atoms with E-state index < -0.39 is 11.6 Å². The second-order valence-electron chi connectivity index (χ2n) is 5.78. The average molecular weight is 371 g/mol. The standard InChI is InChI=1S/C20H16F3N3O/c21-16-4-2-1-3-13(16)9-10-24-20(27)14-5-8-19(25-12-14)26-15-6-7-17(22)18(23)11-15/h1-8,11-12H,9-10H2,(H,24,27)(H,25,26). The summed E-state index contributed by atoms with van der Waals surface area (Å²) in [6.07, 6.45) is 1.74. The van der Waals surface area contributed by atoms with E-state index in [0.29, 0.717) is 29.1 Å². The number of aromatic nitrogens is 1. The van der Waals surface area contributed by atoms with Gasteiger partial charge >= 0.3 is 0 Å². The van der Waals surface area contributed by atoms with Crippen molar-refractivity contribution in [1.29, 1.82) is 0 Å². The molecule has 2 aromatic carbocycles. The molecule has 4 nitrogen and oxygen atoms in total. The summed E-state index contributed by atoms with van der Waals surface area (Å²) in [7, 11) is 0. The van der Waals surface area contributed by atoms with Gasteiger partial charge in [0.1, 0.15) is 11.6 Å². The number of halogens is 3. The van der Waals surface area contributed by atoms with Crippen LogP contribution in [0.5, 0.6) is 0 Å². The normalized spacial score (nSPS) is 10.5. The third-order valence-corrected chi connectivity index (χ3v) is 3.86. The van der Waals surface area contributed by atoms with Crippen LogP contribution in [0.2, 0.25) is 0 Å². The lowest BCUT2D eigenvalue weighted by Crippen LogP contribution is -2.26. The minimum absolute atomic E-state index is 0.286. The lowest BCUT2D eigenvalue weighted by Gasteiger charge is -2.08. The van der Waals surface area contributed by atoms with Crippen LogP contribution < -0.4 is 10.6 Å². The van der Waals surface area contributed by atoms with Crippen LogP contribution in [0.3, 0.4) is 0 Å². The number of hydrogen-bond donors (Lipinski definition) is 2. The maximum Gasteiger partial charge on any atom is 0.252 e. The smallest absolute Gasteiger partial charge is 0.252 e. The molecule has 27 heavy (non-hydrogen) atoms. The van der Waals surface area contributed by atoms with Gasteiger partial charge in [0.05, 0.1) is 5.56 Å². The fourth-order valence-electron chi connectivity index (χ4n) is 2.44. The van der Waals surface area contributed by atoms with E-state index in [4.69, 9.17) is 0 Å². The lowest BCUT2D eigenvalue weighted by molar-refractivity contribution is 0.0953. The van der Waals surface area contributed by atoms with Gasteiger partial charge in [-0.3, -0.25) is 4.79 Å². The predicted molar refractivity (Wildman–Crippen MR) is 96.3 cm³/mol. The molecule has 3 rings (SSSR count). The van der Waals surface area contributed by atoms with Gasteiger partial charge in [-0.2, -0.15) is 0 Å². The van der Waals surface area contributed by atoms with Crippen molar-refractivity contribution < 1.29 is 18.0 Å². The molecule has 0 saturated heterocycles. The molecule has 1 heterocycles. The van der Waals surface area contributed by atoms with Crippen LogP contribution in [-0.4, -0.2) is 17.4 Å². The molecule has 0 radical (unpaired) electrons. The Bertz CT molecular complexity index is 945. The molecule has 0 unspecified atom stereocenters. The molecule has 0 bridgehead atoms. The van der Waals surface area contributed by atoms with E-state index in [1.165, 1.54) is 18.3 Å². The lowest BCUT2D eigenvalue weighted by atomic mass is 10.1. The van der Waals surface area contributed by atoms with Crippen LogP contribution in [0.1, 0.15) is 15.9 Å². The quantitative estimate of drug-likeness (QED) is 0.682. The summed E-state index contributed by atoms with van der Waals surface area (Å²) in [5.41, 5.74) is 1.20. The van der Waals surface area contributed by atoms with Crippen LogP contribution in [0.15, 0.2) is 60.8 Å². The number of carbonyl (C=O) groups is 1. The van der Waals surface area contributed by atoms with Crippen molar-refractivity contribution in [3.05, 3.63) is 89.4 Å². The zero-order chi connectivity index (χ0) is 19.2. The van der Waals surface area contributed by atoms with Crippen molar-refractivity contribution in [1.82, 2.24) is 10.3 Å². The van der Waals surface area contributed by atoms with Crippen molar-refractivity contribution in [2.24, 2.45) is 0 Å². The molecule has 0 aliphatic rings. The van der Waals surface area contributed by atoms with E-state index >= 15 is 0 Å². The number of rotatable bonds is 6. The molecule has 1 aromatic heterocycles. The third-order valence-electron chi connectivity index (χ3n) is 3.86. The fraction of sp³-hybridized carbons (Fsp3) is 0.100.